The van der Waals surface area contributed by atoms with Gasteiger partial charge in [-0.2, -0.15) is 5.10 Å². The molecule has 1 unspecified atom stereocenters. The van der Waals surface area contributed by atoms with Crippen LogP contribution in [0, 0.1) is 13.8 Å². The van der Waals surface area contributed by atoms with E-state index < -0.39 is 18.1 Å². The minimum absolute atomic E-state index is 0.0138. The number of hydrogen-bond acceptors (Lipinski definition) is 6. The zero-order valence-corrected chi connectivity index (χ0v) is 21.0. The standard InChI is InChI=1S/C24H26ClF2N5O3/c1-13-17(11-31(4)30-13)24(33,19-10-28-14(2)32(19)5)15-7-8-18-16(9-15)20(25)21(22(29-18)34-6)35-12-23(3,26)27/h7-11,33H,12H2,1-6H3. The molecule has 35 heavy (non-hydrogen) atoms. The molecule has 1 aromatic carbocycles. The smallest absolute Gasteiger partial charge is 0.278 e. The van der Waals surface area contributed by atoms with E-state index >= 15 is 0 Å². The number of fused-ring (bicyclic) bond motifs is 1. The number of pyridine rings is 1. The van der Waals surface area contributed by atoms with Gasteiger partial charge in [-0.1, -0.05) is 17.7 Å². The molecule has 1 atom stereocenters. The molecule has 0 spiro atoms. The van der Waals surface area contributed by atoms with Crippen molar-refractivity contribution in [2.75, 3.05) is 13.7 Å². The quantitative estimate of drug-likeness (QED) is 0.403. The van der Waals surface area contributed by atoms with Crippen molar-refractivity contribution in [1.29, 1.82) is 0 Å². The highest BCUT2D eigenvalue weighted by atomic mass is 35.5. The average Bonchev–Trinajstić information content (AvgIpc) is 3.32. The van der Waals surface area contributed by atoms with Crippen molar-refractivity contribution in [1.82, 2.24) is 24.3 Å². The molecular formula is C24H26ClF2N5O3. The first-order valence-electron chi connectivity index (χ1n) is 10.8. The number of nitrogens with zero attached hydrogens (tertiary/aromatic N) is 5. The van der Waals surface area contributed by atoms with E-state index in [2.05, 4.69) is 15.1 Å². The summed E-state index contributed by atoms with van der Waals surface area (Å²) < 4.78 is 40.9. The molecule has 0 saturated heterocycles. The fourth-order valence-corrected chi connectivity index (χ4v) is 4.39. The first-order chi connectivity index (χ1) is 16.4. The highest BCUT2D eigenvalue weighted by molar-refractivity contribution is 6.37. The Morgan fingerprint density at radius 3 is 2.46 bits per heavy atom. The Bertz CT molecular complexity index is 1410. The van der Waals surface area contributed by atoms with Crippen LogP contribution < -0.4 is 9.47 Å². The number of halogens is 3. The van der Waals surface area contributed by atoms with Crippen LogP contribution in [0.25, 0.3) is 10.9 Å². The monoisotopic (exact) mass is 505 g/mol. The van der Waals surface area contributed by atoms with Gasteiger partial charge in [-0.25, -0.2) is 18.7 Å². The van der Waals surface area contributed by atoms with Crippen LogP contribution in [0.4, 0.5) is 8.78 Å². The van der Waals surface area contributed by atoms with E-state index in [1.165, 1.54) is 7.11 Å². The second kappa shape index (κ2) is 8.76. The van der Waals surface area contributed by atoms with E-state index in [9.17, 15) is 13.9 Å². The fourth-order valence-electron chi connectivity index (χ4n) is 4.11. The van der Waals surface area contributed by atoms with E-state index in [4.69, 9.17) is 21.1 Å². The van der Waals surface area contributed by atoms with Gasteiger partial charge in [0.1, 0.15) is 5.82 Å². The lowest BCUT2D eigenvalue weighted by molar-refractivity contribution is -0.0235. The molecule has 4 aromatic rings. The molecule has 1 N–H and O–H groups in total. The molecule has 4 rings (SSSR count). The number of benzene rings is 1. The SMILES string of the molecule is COc1nc2ccc(C(O)(c3cn(C)nc3C)c3cnc(C)n3C)cc2c(Cl)c1OCC(C)(F)F. The summed E-state index contributed by atoms with van der Waals surface area (Å²) in [5, 5.41) is 17.2. The summed E-state index contributed by atoms with van der Waals surface area (Å²) in [7, 11) is 4.93. The van der Waals surface area contributed by atoms with Crippen molar-refractivity contribution in [3.05, 3.63) is 64.0 Å². The molecule has 0 aliphatic carbocycles. The van der Waals surface area contributed by atoms with Crippen molar-refractivity contribution in [3.63, 3.8) is 0 Å². The van der Waals surface area contributed by atoms with Crippen molar-refractivity contribution in [3.8, 4) is 11.6 Å². The zero-order valence-electron chi connectivity index (χ0n) is 20.2. The third kappa shape index (κ3) is 4.32. The van der Waals surface area contributed by atoms with Gasteiger partial charge >= 0.3 is 0 Å². The summed E-state index contributed by atoms with van der Waals surface area (Å²) in [5.74, 6) is -2.49. The maximum Gasteiger partial charge on any atom is 0.278 e. The van der Waals surface area contributed by atoms with Gasteiger partial charge < -0.3 is 19.1 Å². The van der Waals surface area contributed by atoms with Crippen LogP contribution >= 0.6 is 11.6 Å². The Balaban J connectivity index is 1.97. The maximum absolute atomic E-state index is 13.5. The lowest BCUT2D eigenvalue weighted by atomic mass is 9.83. The molecule has 0 amide bonds. The molecule has 0 radical (unpaired) electrons. The number of methoxy groups -OCH3 is 1. The summed E-state index contributed by atoms with van der Waals surface area (Å²) in [6.07, 6.45) is 3.35. The second-order valence-electron chi connectivity index (χ2n) is 8.62. The van der Waals surface area contributed by atoms with Gasteiger partial charge in [0.2, 0.25) is 5.75 Å². The number of ether oxygens (including phenoxy) is 2. The van der Waals surface area contributed by atoms with Crippen LogP contribution in [0.3, 0.4) is 0 Å². The van der Waals surface area contributed by atoms with Crippen molar-refractivity contribution < 1.29 is 23.4 Å². The Morgan fingerprint density at radius 2 is 1.91 bits per heavy atom. The van der Waals surface area contributed by atoms with Gasteiger partial charge in [-0.05, 0) is 31.5 Å². The van der Waals surface area contributed by atoms with Gasteiger partial charge in [0.25, 0.3) is 11.8 Å². The first kappa shape index (κ1) is 24.9. The van der Waals surface area contributed by atoms with E-state index in [0.717, 1.165) is 6.92 Å². The van der Waals surface area contributed by atoms with Crippen LogP contribution in [-0.4, -0.2) is 49.1 Å². The maximum atomic E-state index is 13.5. The molecule has 8 nitrogen and oxygen atoms in total. The van der Waals surface area contributed by atoms with E-state index in [1.54, 1.807) is 53.8 Å². The normalized spacial score (nSPS) is 13.8. The molecule has 186 valence electrons. The lowest BCUT2D eigenvalue weighted by Crippen LogP contribution is -2.32. The molecule has 0 fully saturated rings. The van der Waals surface area contributed by atoms with Gasteiger partial charge in [-0.3, -0.25) is 4.68 Å². The molecular weight excluding hydrogens is 480 g/mol. The van der Waals surface area contributed by atoms with Gasteiger partial charge in [0, 0.05) is 38.2 Å². The molecule has 11 heteroatoms. The molecule has 3 heterocycles. The fraction of sp³-hybridized carbons (Fsp3) is 0.375. The van der Waals surface area contributed by atoms with Crippen LogP contribution in [0.5, 0.6) is 11.6 Å². The largest absolute Gasteiger partial charge is 0.480 e. The van der Waals surface area contributed by atoms with Crippen molar-refractivity contribution in [2.24, 2.45) is 14.1 Å². The summed E-state index contributed by atoms with van der Waals surface area (Å²) >= 11 is 6.63. The third-order valence-corrected chi connectivity index (χ3v) is 6.30. The Labute approximate surface area is 206 Å². The summed E-state index contributed by atoms with van der Waals surface area (Å²) in [4.78, 5) is 8.74. The van der Waals surface area contributed by atoms with Crippen LogP contribution in [0.1, 0.15) is 35.3 Å². The number of hydrogen-bond donors (Lipinski definition) is 1. The average molecular weight is 506 g/mol. The number of rotatable bonds is 7. The molecule has 0 bridgehead atoms. The molecule has 0 aliphatic rings. The summed E-state index contributed by atoms with van der Waals surface area (Å²) in [5.41, 5.74) is 0.959. The highest BCUT2D eigenvalue weighted by Gasteiger charge is 2.40. The predicted octanol–water partition coefficient (Wildman–Crippen LogP) is 4.30. The molecule has 3 aromatic heterocycles. The topological polar surface area (TPSA) is 87.2 Å². The number of aromatic nitrogens is 5. The summed E-state index contributed by atoms with van der Waals surface area (Å²) in [6, 6.07) is 5.06. The highest BCUT2D eigenvalue weighted by Crippen LogP contribution is 2.43. The summed E-state index contributed by atoms with van der Waals surface area (Å²) in [6.45, 7) is 3.48. The van der Waals surface area contributed by atoms with Gasteiger partial charge in [-0.15, -0.1) is 0 Å². The Morgan fingerprint density at radius 1 is 1.20 bits per heavy atom. The zero-order chi connectivity index (χ0) is 25.7. The van der Waals surface area contributed by atoms with E-state index in [-0.39, 0.29) is 16.7 Å². The van der Waals surface area contributed by atoms with Crippen LogP contribution in [0.15, 0.2) is 30.6 Å². The number of aliphatic hydroxyl groups is 1. The minimum Gasteiger partial charge on any atom is -0.480 e. The first-order valence-corrected chi connectivity index (χ1v) is 11.1. The van der Waals surface area contributed by atoms with E-state index in [1.807, 2.05) is 14.0 Å². The second-order valence-corrected chi connectivity index (χ2v) is 8.99. The van der Waals surface area contributed by atoms with E-state index in [0.29, 0.717) is 39.2 Å². The minimum atomic E-state index is -3.08. The van der Waals surface area contributed by atoms with Crippen LogP contribution in [0.2, 0.25) is 5.02 Å². The van der Waals surface area contributed by atoms with Crippen LogP contribution in [-0.2, 0) is 19.7 Å². The number of alkyl halides is 2. The number of imidazole rings is 1. The predicted molar refractivity (Wildman–Crippen MR) is 127 cm³/mol. The van der Waals surface area contributed by atoms with Gasteiger partial charge in [0.05, 0.1) is 35.2 Å². The Hall–Kier alpha value is -3.24. The molecule has 0 saturated carbocycles. The lowest BCUT2D eigenvalue weighted by Gasteiger charge is -2.29. The third-order valence-electron chi connectivity index (χ3n) is 5.92. The van der Waals surface area contributed by atoms with Crippen molar-refractivity contribution in [2.45, 2.75) is 32.3 Å². The number of aryl methyl sites for hydroxylation is 3. The van der Waals surface area contributed by atoms with Gasteiger partial charge in [0.15, 0.2) is 12.2 Å². The van der Waals surface area contributed by atoms with Crippen molar-refractivity contribution >= 4 is 22.5 Å². The molecule has 0 aliphatic heterocycles. The Kier molecular flexibility index (Phi) is 6.23.